The molecule has 180 valence electrons. The van der Waals surface area contributed by atoms with Gasteiger partial charge in [-0.15, -0.1) is 24.8 Å². The number of alkyl halides is 3. The molecule has 0 unspecified atom stereocenters. The number of para-hydroxylation sites is 2. The van der Waals surface area contributed by atoms with Crippen molar-refractivity contribution in [1.29, 1.82) is 5.26 Å². The van der Waals surface area contributed by atoms with Crippen LogP contribution in [0.4, 0.5) is 19.0 Å². The van der Waals surface area contributed by atoms with E-state index < -0.39 is 11.7 Å². The minimum Gasteiger partial charge on any atom is -0.371 e. The highest BCUT2D eigenvalue weighted by atomic mass is 35.5. The van der Waals surface area contributed by atoms with Crippen LogP contribution in [0.5, 0.6) is 0 Å². The van der Waals surface area contributed by atoms with Gasteiger partial charge in [0.25, 0.3) is 0 Å². The molecule has 0 aliphatic carbocycles. The van der Waals surface area contributed by atoms with Crippen molar-refractivity contribution in [1.82, 2.24) is 14.3 Å². The van der Waals surface area contributed by atoms with Gasteiger partial charge in [-0.3, -0.25) is 4.40 Å². The fourth-order valence-corrected chi connectivity index (χ4v) is 3.77. The molecule has 5 nitrogen and oxygen atoms in total. The summed E-state index contributed by atoms with van der Waals surface area (Å²) < 4.78 is 41.8. The number of anilines is 1. The quantitative estimate of drug-likeness (QED) is 0.312. The predicted molar refractivity (Wildman–Crippen MR) is 134 cm³/mol. The molecule has 0 radical (unpaired) electrons. The number of rotatable bonds is 6. The molecule has 34 heavy (non-hydrogen) atoms. The molecule has 0 amide bonds. The summed E-state index contributed by atoms with van der Waals surface area (Å²) in [5.74, 6) is 0.680. The van der Waals surface area contributed by atoms with Gasteiger partial charge in [0.05, 0.1) is 16.6 Å². The van der Waals surface area contributed by atoms with Gasteiger partial charge in [0.1, 0.15) is 17.5 Å². The lowest BCUT2D eigenvalue weighted by molar-refractivity contribution is -0.137. The van der Waals surface area contributed by atoms with E-state index in [9.17, 15) is 18.4 Å². The van der Waals surface area contributed by atoms with Crippen LogP contribution in [0.25, 0.3) is 27.8 Å². The van der Waals surface area contributed by atoms with E-state index >= 15 is 0 Å². The third-order valence-corrected chi connectivity index (χ3v) is 5.28. The lowest BCUT2D eigenvalue weighted by Gasteiger charge is -2.16. The average molecular weight is 510 g/mol. The first kappa shape index (κ1) is 27.3. The van der Waals surface area contributed by atoms with E-state index in [0.717, 1.165) is 30.6 Å². The number of imidazole rings is 1. The molecule has 2 aromatic carbocycles. The number of hydrogen-bond acceptors (Lipinski definition) is 4. The Bertz CT molecular complexity index is 1330. The highest BCUT2D eigenvalue weighted by Crippen LogP contribution is 2.36. The number of aromatic nitrogens is 2. The van der Waals surface area contributed by atoms with Crippen molar-refractivity contribution in [3.63, 3.8) is 0 Å². The number of halogens is 5. The van der Waals surface area contributed by atoms with Gasteiger partial charge in [0, 0.05) is 12.1 Å². The van der Waals surface area contributed by atoms with Crippen LogP contribution >= 0.6 is 24.8 Å². The number of nitrogens with one attached hydrogen (secondary N) is 1. The van der Waals surface area contributed by atoms with E-state index in [1.54, 1.807) is 12.1 Å². The fourth-order valence-electron chi connectivity index (χ4n) is 3.77. The number of hydrogen-bond donors (Lipinski definition) is 1. The van der Waals surface area contributed by atoms with Crippen LogP contribution in [-0.4, -0.2) is 41.5 Å². The monoisotopic (exact) mass is 509 g/mol. The first-order chi connectivity index (χ1) is 15.3. The Morgan fingerprint density at radius 2 is 1.79 bits per heavy atom. The van der Waals surface area contributed by atoms with Crippen LogP contribution in [-0.2, 0) is 6.18 Å². The van der Waals surface area contributed by atoms with Crippen LogP contribution in [0.3, 0.4) is 0 Å². The minimum absolute atomic E-state index is 0. The minimum atomic E-state index is -4.47. The Labute approximate surface area is 208 Å². The summed E-state index contributed by atoms with van der Waals surface area (Å²) in [5, 5.41) is 13.3. The molecule has 0 saturated heterocycles. The Kier molecular flexibility index (Phi) is 8.78. The van der Waals surface area contributed by atoms with Gasteiger partial charge in [0.2, 0.25) is 0 Å². The van der Waals surface area contributed by atoms with Gasteiger partial charge >= 0.3 is 6.18 Å². The highest BCUT2D eigenvalue weighted by molar-refractivity contribution is 5.89. The Morgan fingerprint density at radius 1 is 1.06 bits per heavy atom. The van der Waals surface area contributed by atoms with Gasteiger partial charge < -0.3 is 10.2 Å². The van der Waals surface area contributed by atoms with E-state index in [2.05, 4.69) is 21.3 Å². The third-order valence-electron chi connectivity index (χ3n) is 5.28. The standard InChI is InChI=1S/C24H22F3N5.2ClH/c1-31(2)12-6-11-29-22-14-18(16-7-5-8-17(13-16)24(25,26)27)19(15-28)23-30-20-9-3-4-10-21(20)32(22)23;;/h3-5,7-10,13-14,29H,6,11-12H2,1-2H3;2*1H. The van der Waals surface area contributed by atoms with Crippen molar-refractivity contribution in [3.8, 4) is 17.2 Å². The van der Waals surface area contributed by atoms with E-state index in [1.807, 2.05) is 42.8 Å². The van der Waals surface area contributed by atoms with Crippen molar-refractivity contribution in [2.45, 2.75) is 12.6 Å². The Morgan fingerprint density at radius 3 is 2.47 bits per heavy atom. The zero-order valence-electron chi connectivity index (χ0n) is 18.6. The molecule has 0 atom stereocenters. The van der Waals surface area contributed by atoms with Crippen LogP contribution in [0.15, 0.2) is 54.6 Å². The maximum Gasteiger partial charge on any atom is 0.416 e. The highest BCUT2D eigenvalue weighted by Gasteiger charge is 2.31. The number of nitrogens with zero attached hydrogens (tertiary/aromatic N) is 4. The predicted octanol–water partition coefficient (Wildman–Crippen LogP) is 6.25. The third kappa shape index (κ3) is 5.39. The fraction of sp³-hybridized carbons (Fsp3) is 0.250. The molecule has 0 spiro atoms. The first-order valence-corrected chi connectivity index (χ1v) is 10.2. The topological polar surface area (TPSA) is 56.4 Å². The van der Waals surface area contributed by atoms with Crippen molar-refractivity contribution in [3.05, 3.63) is 65.7 Å². The van der Waals surface area contributed by atoms with Gasteiger partial charge in [-0.25, -0.2) is 4.98 Å². The second-order valence-corrected chi connectivity index (χ2v) is 7.85. The zero-order chi connectivity index (χ0) is 22.9. The molecule has 4 rings (SSSR count). The molecular formula is C24H24Cl2F3N5. The zero-order valence-corrected chi connectivity index (χ0v) is 20.2. The maximum atomic E-state index is 13.3. The summed E-state index contributed by atoms with van der Waals surface area (Å²) in [7, 11) is 3.99. The number of fused-ring (bicyclic) bond motifs is 3. The average Bonchev–Trinajstić information content (AvgIpc) is 3.15. The van der Waals surface area contributed by atoms with E-state index in [4.69, 9.17) is 0 Å². The van der Waals surface area contributed by atoms with Crippen molar-refractivity contribution >= 4 is 47.3 Å². The maximum absolute atomic E-state index is 13.3. The molecule has 0 aliphatic rings. The summed E-state index contributed by atoms with van der Waals surface area (Å²) in [6.45, 7) is 1.55. The summed E-state index contributed by atoms with van der Waals surface area (Å²) in [4.78, 5) is 6.71. The number of nitriles is 1. The molecule has 0 fully saturated rings. The molecule has 2 aromatic heterocycles. The van der Waals surface area contributed by atoms with E-state index in [-0.39, 0.29) is 30.4 Å². The largest absolute Gasteiger partial charge is 0.416 e. The molecular weight excluding hydrogens is 486 g/mol. The lowest BCUT2D eigenvalue weighted by Crippen LogP contribution is -2.17. The summed E-state index contributed by atoms with van der Waals surface area (Å²) in [5.41, 5.74) is 2.16. The van der Waals surface area contributed by atoms with E-state index in [1.165, 1.54) is 6.07 Å². The molecule has 4 aromatic rings. The Hall–Kier alpha value is -2.99. The molecule has 0 aliphatic heterocycles. The second-order valence-electron chi connectivity index (χ2n) is 7.85. The molecule has 10 heteroatoms. The van der Waals surface area contributed by atoms with Crippen LogP contribution in [0.2, 0.25) is 0 Å². The van der Waals surface area contributed by atoms with Gasteiger partial charge in [-0.2, -0.15) is 18.4 Å². The van der Waals surface area contributed by atoms with E-state index in [0.29, 0.717) is 34.7 Å². The second kappa shape index (κ2) is 11.0. The number of pyridine rings is 1. The molecule has 2 heterocycles. The Balaban J connectivity index is 0.00000204. The summed E-state index contributed by atoms with van der Waals surface area (Å²) in [6, 6.07) is 16.5. The summed E-state index contributed by atoms with van der Waals surface area (Å²) >= 11 is 0. The van der Waals surface area contributed by atoms with Gasteiger partial charge in [0.15, 0.2) is 5.65 Å². The van der Waals surface area contributed by atoms with Crippen LogP contribution < -0.4 is 5.32 Å². The normalized spacial score (nSPS) is 11.2. The first-order valence-electron chi connectivity index (χ1n) is 10.2. The summed E-state index contributed by atoms with van der Waals surface area (Å²) in [6.07, 6.45) is -3.60. The lowest BCUT2D eigenvalue weighted by atomic mass is 9.99. The van der Waals surface area contributed by atoms with Gasteiger partial charge in [-0.1, -0.05) is 24.3 Å². The molecule has 0 saturated carbocycles. The van der Waals surface area contributed by atoms with Crippen LogP contribution in [0.1, 0.15) is 17.5 Å². The molecule has 1 N–H and O–H groups in total. The smallest absolute Gasteiger partial charge is 0.371 e. The number of benzene rings is 2. The van der Waals surface area contributed by atoms with Gasteiger partial charge in [-0.05, 0) is 63.0 Å². The van der Waals surface area contributed by atoms with Crippen LogP contribution in [0, 0.1) is 11.3 Å². The van der Waals surface area contributed by atoms with Crippen molar-refractivity contribution < 1.29 is 13.2 Å². The van der Waals surface area contributed by atoms with Crippen molar-refractivity contribution in [2.24, 2.45) is 0 Å². The van der Waals surface area contributed by atoms with Crippen molar-refractivity contribution in [2.75, 3.05) is 32.5 Å². The SMILES string of the molecule is CN(C)CCCNc1cc(-c2cccc(C(F)(F)F)c2)c(C#N)c2nc3ccccc3n12.Cl.Cl. The molecule has 0 bridgehead atoms.